The quantitative estimate of drug-likeness (QED) is 0.808. The highest BCUT2D eigenvalue weighted by molar-refractivity contribution is 7.80. The van der Waals surface area contributed by atoms with Crippen molar-refractivity contribution in [3.8, 4) is 0 Å². The third-order valence-corrected chi connectivity index (χ3v) is 3.42. The topological polar surface area (TPSA) is 38.0 Å². The maximum absolute atomic E-state index is 6.13. The van der Waals surface area contributed by atoms with Gasteiger partial charge in [0.05, 0.1) is 10.7 Å². The molecule has 19 heavy (non-hydrogen) atoms. The van der Waals surface area contributed by atoms with Crippen LogP contribution in [-0.2, 0) is 0 Å². The molecule has 0 atom stereocenters. The second-order valence-electron chi connectivity index (χ2n) is 4.16. The highest BCUT2D eigenvalue weighted by Crippen LogP contribution is 2.30. The summed E-state index contributed by atoms with van der Waals surface area (Å²) in [6, 6.07) is 11.0. The summed E-state index contributed by atoms with van der Waals surface area (Å²) in [6.07, 6.45) is 0. The molecule has 0 aliphatic heterocycles. The van der Waals surface area contributed by atoms with Gasteiger partial charge in [0.2, 0.25) is 0 Å². The molecule has 2 aromatic carbocycles. The largest absolute Gasteiger partial charge is 0.389 e. The SMILES string of the molecule is Cc1ccc(C(N)=S)c(Nc2cc(Cl)ccc2Cl)c1. The number of hydrogen-bond acceptors (Lipinski definition) is 2. The summed E-state index contributed by atoms with van der Waals surface area (Å²) < 4.78 is 0. The van der Waals surface area contributed by atoms with Crippen molar-refractivity contribution in [3.05, 3.63) is 57.6 Å². The zero-order valence-electron chi connectivity index (χ0n) is 10.2. The highest BCUT2D eigenvalue weighted by Gasteiger charge is 2.08. The van der Waals surface area contributed by atoms with Crippen LogP contribution in [0.25, 0.3) is 0 Å². The molecular formula is C14H12Cl2N2S. The van der Waals surface area contributed by atoms with E-state index in [1.54, 1.807) is 18.2 Å². The molecule has 0 aliphatic carbocycles. The Morgan fingerprint density at radius 3 is 2.53 bits per heavy atom. The molecule has 0 aromatic heterocycles. The van der Waals surface area contributed by atoms with Crippen molar-refractivity contribution in [1.29, 1.82) is 0 Å². The first-order valence-corrected chi connectivity index (χ1v) is 6.76. The van der Waals surface area contributed by atoms with Gasteiger partial charge in [0.15, 0.2) is 0 Å². The molecule has 0 radical (unpaired) electrons. The number of anilines is 2. The maximum atomic E-state index is 6.13. The lowest BCUT2D eigenvalue weighted by atomic mass is 10.1. The Bertz CT molecular complexity index is 641. The van der Waals surface area contributed by atoms with Crippen LogP contribution in [0.5, 0.6) is 0 Å². The molecule has 2 aromatic rings. The van der Waals surface area contributed by atoms with Crippen molar-refractivity contribution >= 4 is 51.8 Å². The Hall–Kier alpha value is -1.29. The van der Waals surface area contributed by atoms with Gasteiger partial charge in [-0.2, -0.15) is 0 Å². The van der Waals surface area contributed by atoms with E-state index in [1.807, 2.05) is 25.1 Å². The Balaban J connectivity index is 2.45. The van der Waals surface area contributed by atoms with Gasteiger partial charge in [-0.15, -0.1) is 0 Å². The zero-order chi connectivity index (χ0) is 14.0. The molecule has 0 saturated carbocycles. The van der Waals surface area contributed by atoms with Crippen molar-refractivity contribution in [3.63, 3.8) is 0 Å². The number of nitrogens with one attached hydrogen (secondary N) is 1. The van der Waals surface area contributed by atoms with Crippen LogP contribution in [0.2, 0.25) is 10.0 Å². The van der Waals surface area contributed by atoms with Gasteiger partial charge in [-0.1, -0.05) is 41.5 Å². The molecule has 2 rings (SSSR count). The Kier molecular flexibility index (Phi) is 4.30. The molecule has 0 saturated heterocycles. The van der Waals surface area contributed by atoms with Gasteiger partial charge in [0.25, 0.3) is 0 Å². The van der Waals surface area contributed by atoms with Crippen LogP contribution in [0.4, 0.5) is 11.4 Å². The van der Waals surface area contributed by atoms with Crippen molar-refractivity contribution < 1.29 is 0 Å². The van der Waals surface area contributed by atoms with E-state index < -0.39 is 0 Å². The van der Waals surface area contributed by atoms with E-state index in [0.717, 1.165) is 22.5 Å². The van der Waals surface area contributed by atoms with E-state index in [2.05, 4.69) is 5.32 Å². The van der Waals surface area contributed by atoms with E-state index in [4.69, 9.17) is 41.2 Å². The van der Waals surface area contributed by atoms with Crippen molar-refractivity contribution in [2.75, 3.05) is 5.32 Å². The van der Waals surface area contributed by atoms with Crippen LogP contribution in [0, 0.1) is 6.92 Å². The molecule has 3 N–H and O–H groups in total. The second-order valence-corrected chi connectivity index (χ2v) is 5.45. The number of thiocarbonyl (C=S) groups is 1. The predicted octanol–water partition coefficient (Wildman–Crippen LogP) is 4.68. The normalized spacial score (nSPS) is 10.3. The van der Waals surface area contributed by atoms with Crippen LogP contribution in [0.1, 0.15) is 11.1 Å². The monoisotopic (exact) mass is 310 g/mol. The van der Waals surface area contributed by atoms with Crippen LogP contribution >= 0.6 is 35.4 Å². The Morgan fingerprint density at radius 2 is 1.84 bits per heavy atom. The highest BCUT2D eigenvalue weighted by atomic mass is 35.5. The van der Waals surface area contributed by atoms with E-state index in [0.29, 0.717) is 15.0 Å². The molecular weight excluding hydrogens is 299 g/mol. The van der Waals surface area contributed by atoms with E-state index in [-0.39, 0.29) is 0 Å². The van der Waals surface area contributed by atoms with Gasteiger partial charge < -0.3 is 11.1 Å². The molecule has 0 spiro atoms. The van der Waals surface area contributed by atoms with Crippen molar-refractivity contribution in [2.45, 2.75) is 6.92 Å². The van der Waals surface area contributed by atoms with Crippen molar-refractivity contribution in [1.82, 2.24) is 0 Å². The molecule has 2 nitrogen and oxygen atoms in total. The summed E-state index contributed by atoms with van der Waals surface area (Å²) in [5.74, 6) is 0. The van der Waals surface area contributed by atoms with Crippen LogP contribution in [0.15, 0.2) is 36.4 Å². The van der Waals surface area contributed by atoms with Gasteiger partial charge in [-0.3, -0.25) is 0 Å². The standard InChI is InChI=1S/C14H12Cl2N2S/c1-8-2-4-10(14(17)19)12(6-8)18-13-7-9(15)3-5-11(13)16/h2-7,18H,1H3,(H2,17,19). The van der Waals surface area contributed by atoms with E-state index >= 15 is 0 Å². The third kappa shape index (κ3) is 3.38. The van der Waals surface area contributed by atoms with Gasteiger partial charge in [0, 0.05) is 16.3 Å². The van der Waals surface area contributed by atoms with Crippen LogP contribution in [-0.4, -0.2) is 4.99 Å². The minimum Gasteiger partial charge on any atom is -0.389 e. The minimum absolute atomic E-state index is 0.334. The fourth-order valence-electron chi connectivity index (χ4n) is 1.71. The molecule has 0 bridgehead atoms. The first-order valence-electron chi connectivity index (χ1n) is 5.60. The minimum atomic E-state index is 0.334. The average Bonchev–Trinajstić information content (AvgIpc) is 2.33. The third-order valence-electron chi connectivity index (χ3n) is 2.64. The average molecular weight is 311 g/mol. The predicted molar refractivity (Wildman–Crippen MR) is 86.8 cm³/mol. The Labute approximate surface area is 127 Å². The number of hydrogen-bond donors (Lipinski definition) is 2. The zero-order valence-corrected chi connectivity index (χ0v) is 12.5. The Morgan fingerprint density at radius 1 is 1.11 bits per heavy atom. The molecule has 0 amide bonds. The van der Waals surface area contributed by atoms with Crippen molar-refractivity contribution in [2.24, 2.45) is 5.73 Å². The summed E-state index contributed by atoms with van der Waals surface area (Å²) in [7, 11) is 0. The fourth-order valence-corrected chi connectivity index (χ4v) is 2.23. The lowest BCUT2D eigenvalue weighted by molar-refractivity contribution is 1.43. The lowest BCUT2D eigenvalue weighted by Crippen LogP contribution is -2.12. The number of aryl methyl sites for hydroxylation is 1. The number of benzene rings is 2. The smallest absolute Gasteiger partial charge is 0.106 e. The lowest BCUT2D eigenvalue weighted by Gasteiger charge is -2.13. The number of nitrogens with two attached hydrogens (primary N) is 1. The number of rotatable bonds is 3. The fraction of sp³-hybridized carbons (Fsp3) is 0.0714. The molecule has 0 unspecified atom stereocenters. The van der Waals surface area contributed by atoms with Gasteiger partial charge in [0.1, 0.15) is 4.99 Å². The summed E-state index contributed by atoms with van der Waals surface area (Å²) in [5, 5.41) is 4.41. The molecule has 0 aliphatic rings. The van der Waals surface area contributed by atoms with Crippen LogP contribution in [0.3, 0.4) is 0 Å². The summed E-state index contributed by atoms with van der Waals surface area (Å²) in [5.41, 5.74) is 9.13. The van der Waals surface area contributed by atoms with Gasteiger partial charge in [-0.25, -0.2) is 0 Å². The van der Waals surface area contributed by atoms with Gasteiger partial charge >= 0.3 is 0 Å². The molecule has 0 heterocycles. The first kappa shape index (κ1) is 14.1. The second kappa shape index (κ2) is 5.78. The number of halogens is 2. The molecule has 98 valence electrons. The van der Waals surface area contributed by atoms with E-state index in [9.17, 15) is 0 Å². The first-order chi connectivity index (χ1) is 8.97. The molecule has 0 fully saturated rings. The summed E-state index contributed by atoms with van der Waals surface area (Å²) in [6.45, 7) is 1.99. The van der Waals surface area contributed by atoms with E-state index in [1.165, 1.54) is 0 Å². The summed E-state index contributed by atoms with van der Waals surface area (Å²) in [4.78, 5) is 0.334. The maximum Gasteiger partial charge on any atom is 0.106 e. The van der Waals surface area contributed by atoms with Gasteiger partial charge in [-0.05, 0) is 42.8 Å². The molecule has 5 heteroatoms. The summed E-state index contributed by atoms with van der Waals surface area (Å²) >= 11 is 17.1. The van der Waals surface area contributed by atoms with Crippen LogP contribution < -0.4 is 11.1 Å².